The minimum atomic E-state index is -4.55. The van der Waals surface area contributed by atoms with Crippen molar-refractivity contribution < 1.29 is 37.3 Å². The second kappa shape index (κ2) is 11.6. The van der Waals surface area contributed by atoms with Crippen LogP contribution in [0.4, 0.5) is 13.2 Å². The third-order valence-corrected chi connectivity index (χ3v) is 6.70. The predicted octanol–water partition coefficient (Wildman–Crippen LogP) is 4.53. The van der Waals surface area contributed by atoms with Crippen LogP contribution in [0.5, 0.6) is 17.4 Å². The molecule has 0 radical (unpaired) electrons. The SMILES string of the molecule is COc1cccc(OC)c1-n1c(COC(C)C)nc(O)c(C(=O)N2CC[C@@H](c3ccccc3C(F)(F)F)C2)c1=O. The number of likely N-dealkylation sites (tertiary alicyclic amines) is 1. The monoisotopic (exact) mass is 561 g/mol. The number of carbonyl (C=O) groups excluding carboxylic acids is 1. The van der Waals surface area contributed by atoms with E-state index in [0.717, 1.165) is 10.6 Å². The van der Waals surface area contributed by atoms with E-state index in [1.807, 2.05) is 0 Å². The number of halogens is 3. The highest BCUT2D eigenvalue weighted by molar-refractivity contribution is 5.96. The number of benzene rings is 2. The van der Waals surface area contributed by atoms with Gasteiger partial charge in [0.25, 0.3) is 11.5 Å². The van der Waals surface area contributed by atoms with Crippen LogP contribution < -0.4 is 15.0 Å². The molecular formula is C28H30F3N3O6. The molecule has 1 atom stereocenters. The number of aromatic hydroxyl groups is 1. The average Bonchev–Trinajstić information content (AvgIpc) is 3.41. The molecule has 40 heavy (non-hydrogen) atoms. The van der Waals surface area contributed by atoms with E-state index in [2.05, 4.69) is 4.98 Å². The Morgan fingerprint density at radius 1 is 1.10 bits per heavy atom. The fourth-order valence-electron chi connectivity index (χ4n) is 4.83. The summed E-state index contributed by atoms with van der Waals surface area (Å²) in [6, 6.07) is 10.1. The highest BCUT2D eigenvalue weighted by Crippen LogP contribution is 2.39. The number of amides is 1. The van der Waals surface area contributed by atoms with E-state index in [0.29, 0.717) is 0 Å². The summed E-state index contributed by atoms with van der Waals surface area (Å²) in [6.07, 6.45) is -4.54. The molecule has 1 aliphatic heterocycles. The highest BCUT2D eigenvalue weighted by atomic mass is 19.4. The zero-order chi connectivity index (χ0) is 29.2. The zero-order valence-corrected chi connectivity index (χ0v) is 22.5. The van der Waals surface area contributed by atoms with E-state index in [1.54, 1.807) is 32.0 Å². The molecule has 1 aromatic heterocycles. The Hall–Kier alpha value is -4.06. The summed E-state index contributed by atoms with van der Waals surface area (Å²) in [4.78, 5) is 32.9. The molecule has 0 aliphatic carbocycles. The van der Waals surface area contributed by atoms with Crippen LogP contribution in [0.3, 0.4) is 0 Å². The minimum Gasteiger partial charge on any atom is -0.494 e. The molecule has 214 valence electrons. The first-order valence-corrected chi connectivity index (χ1v) is 12.6. The van der Waals surface area contributed by atoms with Crippen LogP contribution in [-0.2, 0) is 17.5 Å². The van der Waals surface area contributed by atoms with Crippen LogP contribution in [0.1, 0.15) is 53.5 Å². The molecule has 9 nitrogen and oxygen atoms in total. The van der Waals surface area contributed by atoms with Crippen molar-refractivity contribution in [1.29, 1.82) is 0 Å². The lowest BCUT2D eigenvalue weighted by Gasteiger charge is -2.22. The van der Waals surface area contributed by atoms with Crippen LogP contribution in [0.15, 0.2) is 47.3 Å². The Bertz CT molecular complexity index is 1430. The van der Waals surface area contributed by atoms with Crippen molar-refractivity contribution in [3.8, 4) is 23.1 Å². The van der Waals surface area contributed by atoms with Crippen molar-refractivity contribution in [1.82, 2.24) is 14.5 Å². The molecule has 3 aromatic rings. The van der Waals surface area contributed by atoms with E-state index in [4.69, 9.17) is 14.2 Å². The molecule has 2 aromatic carbocycles. The molecule has 12 heteroatoms. The van der Waals surface area contributed by atoms with Gasteiger partial charge in [0.15, 0.2) is 5.56 Å². The first-order valence-electron chi connectivity index (χ1n) is 12.6. The van der Waals surface area contributed by atoms with Gasteiger partial charge in [0.1, 0.15) is 29.6 Å². The summed E-state index contributed by atoms with van der Waals surface area (Å²) >= 11 is 0. The van der Waals surface area contributed by atoms with E-state index >= 15 is 0 Å². The van der Waals surface area contributed by atoms with Crippen molar-refractivity contribution in [3.63, 3.8) is 0 Å². The van der Waals surface area contributed by atoms with Crippen molar-refractivity contribution >= 4 is 5.91 Å². The number of hydrogen-bond donors (Lipinski definition) is 1. The lowest BCUT2D eigenvalue weighted by molar-refractivity contribution is -0.138. The fourth-order valence-corrected chi connectivity index (χ4v) is 4.83. The summed E-state index contributed by atoms with van der Waals surface area (Å²) < 4.78 is 58.5. The molecular weight excluding hydrogens is 531 g/mol. The lowest BCUT2D eigenvalue weighted by Crippen LogP contribution is -2.37. The minimum absolute atomic E-state index is 0.00560. The van der Waals surface area contributed by atoms with Crippen molar-refractivity contribution in [2.45, 2.75) is 45.1 Å². The Labute approximate surface area is 228 Å². The molecule has 1 N–H and O–H groups in total. The fraction of sp³-hybridized carbons (Fsp3) is 0.393. The second-order valence-corrected chi connectivity index (χ2v) is 9.56. The Morgan fingerprint density at radius 3 is 2.35 bits per heavy atom. The largest absolute Gasteiger partial charge is 0.494 e. The van der Waals surface area contributed by atoms with Gasteiger partial charge in [-0.2, -0.15) is 18.2 Å². The molecule has 2 heterocycles. The maximum absolute atomic E-state index is 13.9. The number of carbonyl (C=O) groups is 1. The number of hydrogen-bond acceptors (Lipinski definition) is 7. The highest BCUT2D eigenvalue weighted by Gasteiger charge is 2.39. The number of methoxy groups -OCH3 is 2. The summed E-state index contributed by atoms with van der Waals surface area (Å²) in [7, 11) is 2.80. The van der Waals surface area contributed by atoms with Crippen LogP contribution in [0.25, 0.3) is 5.69 Å². The van der Waals surface area contributed by atoms with Gasteiger partial charge in [0.05, 0.1) is 25.9 Å². The van der Waals surface area contributed by atoms with Gasteiger partial charge in [-0.1, -0.05) is 24.3 Å². The Kier molecular flexibility index (Phi) is 8.38. The van der Waals surface area contributed by atoms with Gasteiger partial charge in [-0.05, 0) is 44.0 Å². The van der Waals surface area contributed by atoms with Crippen LogP contribution in [0.2, 0.25) is 0 Å². The maximum Gasteiger partial charge on any atom is 0.416 e. The third-order valence-electron chi connectivity index (χ3n) is 6.70. The van der Waals surface area contributed by atoms with Crippen LogP contribution in [-0.4, -0.2) is 58.9 Å². The van der Waals surface area contributed by atoms with E-state index in [-0.39, 0.29) is 60.8 Å². The van der Waals surface area contributed by atoms with E-state index in [1.165, 1.54) is 37.3 Å². The predicted molar refractivity (Wildman–Crippen MR) is 139 cm³/mol. The molecule has 0 unspecified atom stereocenters. The number of rotatable bonds is 8. The van der Waals surface area contributed by atoms with Crippen molar-refractivity contribution in [2.24, 2.45) is 0 Å². The topological polar surface area (TPSA) is 103 Å². The molecule has 1 fully saturated rings. The smallest absolute Gasteiger partial charge is 0.416 e. The standard InChI is InChI=1S/C28H30F3N3O6/c1-16(2)40-15-22-32-25(35)23(27(37)34(22)24-20(38-3)10-7-11-21(24)39-4)26(36)33-13-12-17(14-33)18-8-5-6-9-19(18)28(29,30)31/h5-11,16-17,35H,12-15H2,1-4H3/t17-/m1/s1. The first-order chi connectivity index (χ1) is 19.0. The molecule has 1 aliphatic rings. The summed E-state index contributed by atoms with van der Waals surface area (Å²) in [5.41, 5.74) is -2.06. The molecule has 1 saturated heterocycles. The molecule has 4 rings (SSSR count). The van der Waals surface area contributed by atoms with Gasteiger partial charge in [-0.3, -0.25) is 14.2 Å². The van der Waals surface area contributed by atoms with E-state index < -0.39 is 40.6 Å². The quantitative estimate of drug-likeness (QED) is 0.431. The zero-order valence-electron chi connectivity index (χ0n) is 22.5. The average molecular weight is 562 g/mol. The summed E-state index contributed by atoms with van der Waals surface area (Å²) in [5.74, 6) is -1.78. The maximum atomic E-state index is 13.9. The summed E-state index contributed by atoms with van der Waals surface area (Å²) in [6.45, 7) is 3.40. The van der Waals surface area contributed by atoms with Crippen molar-refractivity contribution in [3.05, 3.63) is 75.3 Å². The molecule has 1 amide bonds. The number of aromatic nitrogens is 2. The van der Waals surface area contributed by atoms with E-state index in [9.17, 15) is 27.9 Å². The van der Waals surface area contributed by atoms with Crippen LogP contribution in [0, 0.1) is 0 Å². The molecule has 0 saturated carbocycles. The molecule has 0 spiro atoms. The Morgan fingerprint density at radius 2 is 1.75 bits per heavy atom. The van der Waals surface area contributed by atoms with Gasteiger partial charge in [0, 0.05) is 19.0 Å². The van der Waals surface area contributed by atoms with Gasteiger partial charge in [-0.15, -0.1) is 0 Å². The number of ether oxygens (including phenoxy) is 3. The van der Waals surface area contributed by atoms with Gasteiger partial charge in [-0.25, -0.2) is 0 Å². The third kappa shape index (κ3) is 5.62. The summed E-state index contributed by atoms with van der Waals surface area (Å²) in [5, 5.41) is 10.8. The van der Waals surface area contributed by atoms with Gasteiger partial charge in [0.2, 0.25) is 5.88 Å². The Balaban J connectivity index is 1.79. The number of alkyl halides is 3. The van der Waals surface area contributed by atoms with Crippen molar-refractivity contribution in [2.75, 3.05) is 27.3 Å². The van der Waals surface area contributed by atoms with Crippen LogP contribution >= 0.6 is 0 Å². The lowest BCUT2D eigenvalue weighted by atomic mass is 9.93. The number of para-hydroxylation sites is 1. The van der Waals surface area contributed by atoms with Gasteiger partial charge < -0.3 is 24.2 Å². The second-order valence-electron chi connectivity index (χ2n) is 9.56. The normalized spacial score (nSPS) is 15.5. The first kappa shape index (κ1) is 28.9. The van der Waals surface area contributed by atoms with Gasteiger partial charge >= 0.3 is 6.18 Å². The molecule has 0 bridgehead atoms. The number of nitrogens with zero attached hydrogens (tertiary/aromatic N) is 3.